The average molecular weight is 170 g/mol. The Morgan fingerprint density at radius 2 is 2.00 bits per heavy atom. The molecule has 12 heavy (non-hydrogen) atoms. The fourth-order valence-corrected chi connectivity index (χ4v) is 2.70. The van der Waals surface area contributed by atoms with Crippen LogP contribution in [0.5, 0.6) is 0 Å². The van der Waals surface area contributed by atoms with E-state index in [4.69, 9.17) is 4.74 Å². The Morgan fingerprint density at radius 3 is 2.33 bits per heavy atom. The number of hydrogen-bond acceptors (Lipinski definition) is 2. The molecule has 0 aromatic heterocycles. The van der Waals surface area contributed by atoms with Crippen LogP contribution in [-0.2, 0) is 4.74 Å². The zero-order valence-corrected chi connectivity index (χ0v) is 8.13. The molecule has 0 spiro atoms. The number of fused-ring (bicyclic) bond motifs is 3. The fourth-order valence-electron chi connectivity index (χ4n) is 2.70. The smallest absolute Gasteiger partial charge is 0.0919 e. The topological polar surface area (TPSA) is 29.5 Å². The summed E-state index contributed by atoms with van der Waals surface area (Å²) in [4.78, 5) is 0. The van der Waals surface area contributed by atoms with Crippen LogP contribution in [0.2, 0.25) is 0 Å². The zero-order valence-electron chi connectivity index (χ0n) is 8.13. The molecule has 0 unspecified atom stereocenters. The van der Waals surface area contributed by atoms with Gasteiger partial charge in [-0.1, -0.05) is 0 Å². The second-order valence-corrected chi connectivity index (χ2v) is 5.01. The molecule has 2 heteroatoms. The van der Waals surface area contributed by atoms with Gasteiger partial charge in [0.05, 0.1) is 17.3 Å². The first-order valence-corrected chi connectivity index (χ1v) is 4.82. The molecule has 3 fully saturated rings. The lowest BCUT2D eigenvalue weighted by atomic mass is 9.67. The van der Waals surface area contributed by atoms with E-state index >= 15 is 0 Å². The second-order valence-electron chi connectivity index (χ2n) is 5.01. The van der Waals surface area contributed by atoms with Crippen LogP contribution in [0, 0.1) is 5.92 Å². The first-order chi connectivity index (χ1) is 5.44. The maximum Gasteiger partial charge on any atom is 0.0919 e. The Morgan fingerprint density at radius 1 is 1.33 bits per heavy atom. The van der Waals surface area contributed by atoms with E-state index in [-0.39, 0.29) is 17.3 Å². The van der Waals surface area contributed by atoms with Crippen LogP contribution in [0.25, 0.3) is 0 Å². The van der Waals surface area contributed by atoms with Crippen molar-refractivity contribution < 1.29 is 9.84 Å². The molecule has 1 aliphatic carbocycles. The van der Waals surface area contributed by atoms with Crippen LogP contribution in [0.3, 0.4) is 0 Å². The van der Waals surface area contributed by atoms with Crippen LogP contribution in [0.15, 0.2) is 0 Å². The Labute approximate surface area is 73.9 Å². The zero-order chi connectivity index (χ0) is 8.98. The molecule has 3 aliphatic rings. The Balaban J connectivity index is 2.26. The highest BCUT2D eigenvalue weighted by molar-refractivity contribution is 5.02. The van der Waals surface area contributed by atoms with Gasteiger partial charge in [0.1, 0.15) is 0 Å². The quantitative estimate of drug-likeness (QED) is 0.599. The fraction of sp³-hybridized carbons (Fsp3) is 1.00. The minimum Gasteiger partial charge on any atom is -0.390 e. The van der Waals surface area contributed by atoms with E-state index in [1.165, 1.54) is 6.42 Å². The molecule has 2 heterocycles. The van der Waals surface area contributed by atoms with Crippen molar-refractivity contribution in [3.63, 3.8) is 0 Å². The van der Waals surface area contributed by atoms with Crippen LogP contribution >= 0.6 is 0 Å². The largest absolute Gasteiger partial charge is 0.390 e. The van der Waals surface area contributed by atoms with E-state index in [2.05, 4.69) is 13.8 Å². The first kappa shape index (κ1) is 8.52. The van der Waals surface area contributed by atoms with Gasteiger partial charge in [-0.25, -0.2) is 0 Å². The lowest BCUT2D eigenvalue weighted by Crippen LogP contribution is -2.61. The van der Waals surface area contributed by atoms with Crippen molar-refractivity contribution >= 4 is 0 Å². The van der Waals surface area contributed by atoms with E-state index < -0.39 is 0 Å². The van der Waals surface area contributed by atoms with Crippen molar-refractivity contribution in [2.45, 2.75) is 57.3 Å². The minimum atomic E-state index is -0.266. The van der Waals surface area contributed by atoms with Crippen molar-refractivity contribution in [3.05, 3.63) is 0 Å². The monoisotopic (exact) mass is 170 g/mol. The van der Waals surface area contributed by atoms with Crippen LogP contribution in [0.1, 0.15) is 40.0 Å². The predicted octanol–water partition coefficient (Wildman–Crippen LogP) is 1.71. The minimum absolute atomic E-state index is 0.0216. The predicted molar refractivity (Wildman–Crippen MR) is 46.9 cm³/mol. The number of hydrogen-bond donors (Lipinski definition) is 1. The standard InChI is InChI=1S/C10H18O2/c1-9(2)7-4-5-10(3,12-9)8(11)6-7/h7-8,11H,4-6H2,1-3H3/t7-,8-,10-/m0/s1. The molecular weight excluding hydrogens is 152 g/mol. The summed E-state index contributed by atoms with van der Waals surface area (Å²) in [6, 6.07) is 0. The van der Waals surface area contributed by atoms with Gasteiger partial charge in [-0.3, -0.25) is 0 Å². The Bertz CT molecular complexity index is 200. The lowest BCUT2D eigenvalue weighted by molar-refractivity contribution is -0.273. The third-order valence-corrected chi connectivity index (χ3v) is 3.68. The van der Waals surface area contributed by atoms with E-state index in [0.717, 1.165) is 12.8 Å². The number of aliphatic hydroxyl groups excluding tert-OH is 1. The average Bonchev–Trinajstić information content (AvgIpc) is 1.91. The van der Waals surface area contributed by atoms with Gasteiger partial charge in [0, 0.05) is 0 Å². The highest BCUT2D eigenvalue weighted by atomic mass is 16.5. The van der Waals surface area contributed by atoms with E-state index in [9.17, 15) is 5.11 Å². The van der Waals surface area contributed by atoms with Crippen LogP contribution in [-0.4, -0.2) is 22.4 Å². The first-order valence-electron chi connectivity index (χ1n) is 4.82. The van der Waals surface area contributed by atoms with Gasteiger partial charge in [-0.2, -0.15) is 0 Å². The van der Waals surface area contributed by atoms with E-state index in [1.54, 1.807) is 0 Å². The van der Waals surface area contributed by atoms with Crippen LogP contribution < -0.4 is 0 Å². The van der Waals surface area contributed by atoms with Crippen molar-refractivity contribution in [1.29, 1.82) is 0 Å². The van der Waals surface area contributed by atoms with Gasteiger partial charge >= 0.3 is 0 Å². The van der Waals surface area contributed by atoms with Gasteiger partial charge in [-0.05, 0) is 46.0 Å². The summed E-state index contributed by atoms with van der Waals surface area (Å²) in [7, 11) is 0. The van der Waals surface area contributed by atoms with Gasteiger partial charge < -0.3 is 9.84 Å². The van der Waals surface area contributed by atoms with Crippen molar-refractivity contribution in [3.8, 4) is 0 Å². The molecule has 1 N–H and O–H groups in total. The van der Waals surface area contributed by atoms with Gasteiger partial charge in [-0.15, -0.1) is 0 Å². The summed E-state index contributed by atoms with van der Waals surface area (Å²) in [5.74, 6) is 0.550. The molecule has 2 aliphatic heterocycles. The molecular formula is C10H18O2. The number of aliphatic hydroxyl groups is 1. The molecule has 1 saturated carbocycles. The summed E-state index contributed by atoms with van der Waals surface area (Å²) in [6.45, 7) is 6.32. The second kappa shape index (κ2) is 2.24. The molecule has 0 aromatic carbocycles. The van der Waals surface area contributed by atoms with Gasteiger partial charge in [0.25, 0.3) is 0 Å². The van der Waals surface area contributed by atoms with Crippen molar-refractivity contribution in [2.24, 2.45) is 5.92 Å². The van der Waals surface area contributed by atoms with Gasteiger partial charge in [0.15, 0.2) is 0 Å². The molecule has 3 rings (SSSR count). The summed E-state index contributed by atoms with van der Waals surface area (Å²) in [5, 5.41) is 9.77. The Kier molecular flexibility index (Phi) is 1.59. The molecule has 2 nitrogen and oxygen atoms in total. The molecule has 0 aromatic rings. The highest BCUT2D eigenvalue weighted by Crippen LogP contribution is 2.49. The summed E-state index contributed by atoms with van der Waals surface area (Å²) >= 11 is 0. The molecule has 70 valence electrons. The number of ether oxygens (including phenoxy) is 1. The van der Waals surface area contributed by atoms with Crippen molar-refractivity contribution in [2.75, 3.05) is 0 Å². The molecule has 0 amide bonds. The summed E-state index contributed by atoms with van der Waals surface area (Å²) in [6.07, 6.45) is 2.90. The third-order valence-electron chi connectivity index (χ3n) is 3.68. The third kappa shape index (κ3) is 1.01. The molecule has 2 bridgehead atoms. The highest BCUT2D eigenvalue weighted by Gasteiger charge is 2.53. The number of rotatable bonds is 0. The maximum absolute atomic E-state index is 9.77. The maximum atomic E-state index is 9.77. The molecule has 2 saturated heterocycles. The summed E-state index contributed by atoms with van der Waals surface area (Å²) in [5.41, 5.74) is -0.287. The lowest BCUT2D eigenvalue weighted by Gasteiger charge is -2.56. The SMILES string of the molecule is CC1(C)O[C@@]2(C)CC[C@H]1C[C@@H]2O. The van der Waals surface area contributed by atoms with E-state index in [0.29, 0.717) is 5.92 Å². The molecule has 0 radical (unpaired) electrons. The summed E-state index contributed by atoms with van der Waals surface area (Å²) < 4.78 is 5.92. The van der Waals surface area contributed by atoms with Crippen LogP contribution in [0.4, 0.5) is 0 Å². The van der Waals surface area contributed by atoms with Crippen molar-refractivity contribution in [1.82, 2.24) is 0 Å². The Hall–Kier alpha value is -0.0800. The normalized spacial score (nSPS) is 51.0. The molecule has 3 atom stereocenters. The van der Waals surface area contributed by atoms with E-state index in [1.807, 2.05) is 6.92 Å². The van der Waals surface area contributed by atoms with Gasteiger partial charge in [0.2, 0.25) is 0 Å².